The molecular weight excluding hydrogens is 359 g/mol. The Kier molecular flexibility index (Phi) is 3.78. The summed E-state index contributed by atoms with van der Waals surface area (Å²) >= 11 is 12.2. The van der Waals surface area contributed by atoms with E-state index in [1.807, 2.05) is 25.1 Å². The summed E-state index contributed by atoms with van der Waals surface area (Å²) in [6.45, 7) is 1.88. The van der Waals surface area contributed by atoms with Crippen molar-refractivity contribution in [3.8, 4) is 22.4 Å². The predicted octanol–water partition coefficient (Wildman–Crippen LogP) is 4.05. The molecule has 0 aliphatic heterocycles. The maximum Gasteiger partial charge on any atom is 0.207 e. The number of aryl methyl sites for hydroxylation is 1. The molecule has 1 aromatic carbocycles. The molecule has 0 amide bonds. The molecule has 0 bridgehead atoms. The number of nitrogens with two attached hydrogens (primary N) is 1. The molecule has 4 rings (SSSR count). The Morgan fingerprint density at radius 3 is 2.48 bits per heavy atom. The van der Waals surface area contributed by atoms with E-state index >= 15 is 0 Å². The van der Waals surface area contributed by atoms with Gasteiger partial charge in [-0.05, 0) is 36.8 Å². The molecule has 6 nitrogen and oxygen atoms in total. The largest absolute Gasteiger partial charge is 0.369 e. The minimum absolute atomic E-state index is 0.297. The number of benzene rings is 1. The maximum atomic E-state index is 6.16. The zero-order valence-corrected chi connectivity index (χ0v) is 14.6. The maximum absolute atomic E-state index is 6.16. The number of nitrogens with zero attached hydrogens (tertiary/aromatic N) is 5. The van der Waals surface area contributed by atoms with Crippen molar-refractivity contribution in [3.63, 3.8) is 0 Å². The van der Waals surface area contributed by atoms with Crippen LogP contribution in [0, 0.1) is 6.92 Å². The number of rotatable bonds is 2. The van der Waals surface area contributed by atoms with Gasteiger partial charge in [-0.15, -0.1) is 10.2 Å². The first-order valence-electron chi connectivity index (χ1n) is 7.42. The zero-order valence-electron chi connectivity index (χ0n) is 13.1. The Morgan fingerprint density at radius 2 is 1.76 bits per heavy atom. The molecule has 8 heteroatoms. The monoisotopic (exact) mass is 370 g/mol. The number of nitrogen functional groups attached to an aromatic ring is 1. The van der Waals surface area contributed by atoms with Gasteiger partial charge in [0.1, 0.15) is 11.5 Å². The smallest absolute Gasteiger partial charge is 0.207 e. The van der Waals surface area contributed by atoms with Gasteiger partial charge in [-0.3, -0.25) is 4.40 Å². The van der Waals surface area contributed by atoms with Crippen molar-refractivity contribution in [1.82, 2.24) is 24.6 Å². The Bertz CT molecular complexity index is 1070. The van der Waals surface area contributed by atoms with E-state index < -0.39 is 0 Å². The number of aromatic nitrogens is 5. The van der Waals surface area contributed by atoms with Crippen molar-refractivity contribution in [2.24, 2.45) is 0 Å². The van der Waals surface area contributed by atoms with Crippen LogP contribution < -0.4 is 5.73 Å². The van der Waals surface area contributed by atoms with E-state index in [1.54, 1.807) is 22.6 Å². The van der Waals surface area contributed by atoms with Crippen LogP contribution in [0.25, 0.3) is 28.0 Å². The fraction of sp³-hybridized carbons (Fsp3) is 0.0588. The average Bonchev–Trinajstić information content (AvgIpc) is 3.04. The molecule has 0 radical (unpaired) electrons. The second kappa shape index (κ2) is 5.98. The Morgan fingerprint density at radius 1 is 1.00 bits per heavy atom. The molecule has 0 saturated carbocycles. The normalized spacial score (nSPS) is 11.2. The average molecular weight is 371 g/mol. The summed E-state index contributed by atoms with van der Waals surface area (Å²) in [4.78, 5) is 8.78. The minimum atomic E-state index is 0.297. The molecule has 3 heterocycles. The van der Waals surface area contributed by atoms with Gasteiger partial charge in [-0.1, -0.05) is 35.3 Å². The van der Waals surface area contributed by atoms with Crippen molar-refractivity contribution >= 4 is 34.8 Å². The SMILES string of the molecule is Cc1cc(-c2c(-c3ccc(Cl)cc3)nc(N)n3cnnc23)cc(Cl)n1. The molecule has 2 N–H and O–H groups in total. The van der Waals surface area contributed by atoms with E-state index in [4.69, 9.17) is 28.9 Å². The lowest BCUT2D eigenvalue weighted by Crippen LogP contribution is -2.04. The highest BCUT2D eigenvalue weighted by molar-refractivity contribution is 6.30. The summed E-state index contributed by atoms with van der Waals surface area (Å²) in [7, 11) is 0. The molecular formula is C17H12Cl2N6. The topological polar surface area (TPSA) is 82.0 Å². The molecule has 0 atom stereocenters. The Balaban J connectivity index is 2.10. The third-order valence-electron chi connectivity index (χ3n) is 3.81. The van der Waals surface area contributed by atoms with Crippen LogP contribution >= 0.6 is 23.2 Å². The summed E-state index contributed by atoms with van der Waals surface area (Å²) < 4.78 is 1.64. The van der Waals surface area contributed by atoms with Crippen LogP contribution in [-0.2, 0) is 0 Å². The second-order valence-electron chi connectivity index (χ2n) is 5.54. The highest BCUT2D eigenvalue weighted by Crippen LogP contribution is 2.35. The molecule has 0 spiro atoms. The minimum Gasteiger partial charge on any atom is -0.369 e. The zero-order chi connectivity index (χ0) is 17.6. The van der Waals surface area contributed by atoms with Gasteiger partial charge >= 0.3 is 0 Å². The van der Waals surface area contributed by atoms with Gasteiger partial charge in [0.05, 0.1) is 11.3 Å². The first-order valence-corrected chi connectivity index (χ1v) is 8.18. The highest BCUT2D eigenvalue weighted by atomic mass is 35.5. The second-order valence-corrected chi connectivity index (χ2v) is 6.37. The van der Waals surface area contributed by atoms with Crippen LogP contribution in [0.2, 0.25) is 10.2 Å². The first kappa shape index (κ1) is 15.8. The van der Waals surface area contributed by atoms with Crippen molar-refractivity contribution < 1.29 is 0 Å². The van der Waals surface area contributed by atoms with Crippen LogP contribution in [0.5, 0.6) is 0 Å². The molecule has 124 valence electrons. The van der Waals surface area contributed by atoms with Crippen molar-refractivity contribution in [2.45, 2.75) is 6.92 Å². The quantitative estimate of drug-likeness (QED) is 0.538. The van der Waals surface area contributed by atoms with Crippen LogP contribution in [0.3, 0.4) is 0 Å². The number of hydrogen-bond donors (Lipinski definition) is 1. The van der Waals surface area contributed by atoms with Gasteiger partial charge in [-0.25, -0.2) is 9.97 Å². The van der Waals surface area contributed by atoms with E-state index in [9.17, 15) is 0 Å². The van der Waals surface area contributed by atoms with Crippen molar-refractivity contribution in [2.75, 3.05) is 5.73 Å². The van der Waals surface area contributed by atoms with Crippen LogP contribution in [0.1, 0.15) is 5.69 Å². The fourth-order valence-electron chi connectivity index (χ4n) is 2.76. The molecule has 0 aliphatic carbocycles. The summed E-state index contributed by atoms with van der Waals surface area (Å²) in [5.74, 6) is 0.297. The van der Waals surface area contributed by atoms with Crippen LogP contribution in [-0.4, -0.2) is 24.6 Å². The fourth-order valence-corrected chi connectivity index (χ4v) is 3.14. The summed E-state index contributed by atoms with van der Waals surface area (Å²) in [6, 6.07) is 11.1. The number of fused-ring (bicyclic) bond motifs is 1. The summed E-state index contributed by atoms with van der Waals surface area (Å²) in [5, 5.41) is 9.23. The van der Waals surface area contributed by atoms with Gasteiger partial charge < -0.3 is 5.73 Å². The molecule has 0 aliphatic rings. The first-order chi connectivity index (χ1) is 12.0. The molecule has 3 aromatic heterocycles. The Hall–Kier alpha value is -2.70. The van der Waals surface area contributed by atoms with E-state index in [-0.39, 0.29) is 0 Å². The number of pyridine rings is 1. The lowest BCUT2D eigenvalue weighted by molar-refractivity contribution is 1.09. The lowest BCUT2D eigenvalue weighted by atomic mass is 10.0. The standard InChI is InChI=1S/C17H12Cl2N6/c1-9-6-11(7-13(19)22-9)14-15(10-2-4-12(18)5-3-10)23-17(20)25-8-21-24-16(14)25/h2-8H,1H3,(H2,20,23). The third-order valence-corrected chi connectivity index (χ3v) is 4.26. The van der Waals surface area contributed by atoms with Gasteiger partial charge in [0, 0.05) is 16.3 Å². The van der Waals surface area contributed by atoms with Gasteiger partial charge in [0.25, 0.3) is 0 Å². The van der Waals surface area contributed by atoms with Crippen LogP contribution in [0.15, 0.2) is 42.7 Å². The molecule has 0 unspecified atom stereocenters. The van der Waals surface area contributed by atoms with Gasteiger partial charge in [-0.2, -0.15) is 0 Å². The van der Waals surface area contributed by atoms with Gasteiger partial charge in [0.15, 0.2) is 5.65 Å². The lowest BCUT2D eigenvalue weighted by Gasteiger charge is -2.13. The van der Waals surface area contributed by atoms with Crippen LogP contribution in [0.4, 0.5) is 5.95 Å². The predicted molar refractivity (Wildman–Crippen MR) is 98.6 cm³/mol. The van der Waals surface area contributed by atoms with E-state index in [0.29, 0.717) is 27.5 Å². The number of anilines is 1. The van der Waals surface area contributed by atoms with E-state index in [1.165, 1.54) is 6.33 Å². The van der Waals surface area contributed by atoms with Crippen molar-refractivity contribution in [3.05, 3.63) is 58.6 Å². The van der Waals surface area contributed by atoms with E-state index in [0.717, 1.165) is 22.4 Å². The molecule has 0 fully saturated rings. The molecule has 4 aromatic rings. The van der Waals surface area contributed by atoms with Gasteiger partial charge in [0.2, 0.25) is 5.95 Å². The van der Waals surface area contributed by atoms with E-state index in [2.05, 4.69) is 20.2 Å². The summed E-state index contributed by atoms with van der Waals surface area (Å²) in [5.41, 5.74) is 10.6. The number of hydrogen-bond acceptors (Lipinski definition) is 5. The molecule has 0 saturated heterocycles. The highest BCUT2D eigenvalue weighted by Gasteiger charge is 2.18. The Labute approximate surface area is 153 Å². The third kappa shape index (κ3) is 2.79. The summed E-state index contributed by atoms with van der Waals surface area (Å²) in [6.07, 6.45) is 1.53. The number of halogens is 2. The van der Waals surface area contributed by atoms with Crippen molar-refractivity contribution in [1.29, 1.82) is 0 Å². The molecule has 25 heavy (non-hydrogen) atoms.